The van der Waals surface area contributed by atoms with Crippen LogP contribution in [0.1, 0.15) is 31.9 Å². The molecule has 0 radical (unpaired) electrons. The predicted molar refractivity (Wildman–Crippen MR) is 117 cm³/mol. The third kappa shape index (κ3) is 4.39. The fraction of sp³-hybridized carbons (Fsp3) is 0.364. The number of likely N-dealkylation sites (N-methyl/N-ethyl adjacent to an activating group) is 1. The van der Waals surface area contributed by atoms with Crippen LogP contribution in [0.5, 0.6) is 0 Å². The third-order valence-corrected chi connectivity index (χ3v) is 7.13. The molecule has 2 aromatic carbocycles. The lowest BCUT2D eigenvalue weighted by Crippen LogP contribution is -2.35. The van der Waals surface area contributed by atoms with Crippen molar-refractivity contribution < 1.29 is 18.0 Å². The van der Waals surface area contributed by atoms with Gasteiger partial charge in [-0.15, -0.1) is 0 Å². The van der Waals surface area contributed by atoms with Crippen LogP contribution in [0.2, 0.25) is 0 Å². The van der Waals surface area contributed by atoms with Gasteiger partial charge in [0.1, 0.15) is 0 Å². The molecule has 7 nitrogen and oxygen atoms in total. The monoisotopic (exact) mass is 429 g/mol. The fourth-order valence-corrected chi connectivity index (χ4v) is 4.92. The average Bonchev–Trinajstić information content (AvgIpc) is 3.03. The minimum Gasteiger partial charge on any atom is -0.325 e. The lowest BCUT2D eigenvalue weighted by molar-refractivity contribution is -0.117. The van der Waals surface area contributed by atoms with Gasteiger partial charge in [0.15, 0.2) is 0 Å². The van der Waals surface area contributed by atoms with E-state index in [1.807, 2.05) is 26.0 Å². The molecule has 0 aliphatic carbocycles. The third-order valence-electron chi connectivity index (χ3n) is 5.33. The van der Waals surface area contributed by atoms with Gasteiger partial charge in [-0.25, -0.2) is 8.42 Å². The molecule has 1 aliphatic heterocycles. The number of amides is 2. The number of hydrogen-bond donors (Lipinski definition) is 1. The van der Waals surface area contributed by atoms with Gasteiger partial charge in [0.2, 0.25) is 21.8 Å². The molecular formula is C22H27N3O4S. The van der Waals surface area contributed by atoms with Crippen LogP contribution in [-0.4, -0.2) is 44.2 Å². The second-order valence-electron chi connectivity index (χ2n) is 7.59. The van der Waals surface area contributed by atoms with Crippen LogP contribution in [0.15, 0.2) is 47.4 Å². The van der Waals surface area contributed by atoms with E-state index in [1.54, 1.807) is 29.2 Å². The van der Waals surface area contributed by atoms with Gasteiger partial charge in [-0.05, 0) is 61.2 Å². The first-order valence-corrected chi connectivity index (χ1v) is 11.3. The number of fused-ring (bicyclic) bond motifs is 1. The van der Waals surface area contributed by atoms with Gasteiger partial charge < -0.3 is 10.2 Å². The lowest BCUT2D eigenvalue weighted by Gasteiger charge is -2.21. The maximum Gasteiger partial charge on any atom is 0.243 e. The van der Waals surface area contributed by atoms with Gasteiger partial charge in [0, 0.05) is 31.4 Å². The zero-order chi connectivity index (χ0) is 22.1. The summed E-state index contributed by atoms with van der Waals surface area (Å²) in [6.45, 7) is 5.17. The van der Waals surface area contributed by atoms with Crippen molar-refractivity contribution in [1.82, 2.24) is 4.31 Å². The van der Waals surface area contributed by atoms with Crippen molar-refractivity contribution in [2.24, 2.45) is 0 Å². The van der Waals surface area contributed by atoms with E-state index in [0.29, 0.717) is 12.1 Å². The van der Waals surface area contributed by atoms with Crippen LogP contribution in [0.3, 0.4) is 0 Å². The summed E-state index contributed by atoms with van der Waals surface area (Å²) in [7, 11) is -2.46. The fourth-order valence-electron chi connectivity index (χ4n) is 3.74. The van der Waals surface area contributed by atoms with Gasteiger partial charge >= 0.3 is 0 Å². The molecule has 0 fully saturated rings. The number of carbonyl (C=O) groups excluding carboxylic acids is 2. The highest BCUT2D eigenvalue weighted by atomic mass is 32.2. The molecule has 0 bridgehead atoms. The maximum absolute atomic E-state index is 13.0. The van der Waals surface area contributed by atoms with Crippen molar-refractivity contribution in [2.45, 2.75) is 44.6 Å². The number of anilines is 2. The molecule has 160 valence electrons. The van der Waals surface area contributed by atoms with Crippen molar-refractivity contribution in [3.8, 4) is 0 Å². The summed E-state index contributed by atoms with van der Waals surface area (Å²) < 4.78 is 27.0. The predicted octanol–water partition coefficient (Wildman–Crippen LogP) is 2.81. The van der Waals surface area contributed by atoms with Crippen LogP contribution in [-0.2, 0) is 32.5 Å². The first-order valence-electron chi connectivity index (χ1n) is 9.91. The smallest absolute Gasteiger partial charge is 0.243 e. The van der Waals surface area contributed by atoms with Crippen LogP contribution in [0.4, 0.5) is 11.4 Å². The summed E-state index contributed by atoms with van der Waals surface area (Å²) >= 11 is 0. The van der Waals surface area contributed by atoms with E-state index in [2.05, 4.69) is 5.32 Å². The van der Waals surface area contributed by atoms with E-state index in [9.17, 15) is 18.0 Å². The highest BCUT2D eigenvalue weighted by Crippen LogP contribution is 2.34. The molecule has 2 amide bonds. The van der Waals surface area contributed by atoms with Crippen molar-refractivity contribution in [3.63, 3.8) is 0 Å². The highest BCUT2D eigenvalue weighted by molar-refractivity contribution is 7.89. The standard InChI is InChI=1S/C22H27N3O4S/c1-5-17-6-8-19(9-7-17)23-22(27)14-24(4)30(28,29)20-10-11-21-18(13-20)12-15(2)25(21)16(3)26/h6-11,13,15H,5,12,14H2,1-4H3,(H,23,27)/t15-/m1/s1. The minimum absolute atomic E-state index is 0.0157. The number of nitrogens with one attached hydrogen (secondary N) is 1. The molecule has 0 aromatic heterocycles. The van der Waals surface area contributed by atoms with E-state index >= 15 is 0 Å². The summed E-state index contributed by atoms with van der Waals surface area (Å²) in [5, 5.41) is 2.72. The number of aryl methyl sites for hydroxylation is 1. The van der Waals surface area contributed by atoms with Crippen LogP contribution >= 0.6 is 0 Å². The molecule has 0 unspecified atom stereocenters. The quantitative estimate of drug-likeness (QED) is 0.765. The zero-order valence-corrected chi connectivity index (χ0v) is 18.5. The van der Waals surface area contributed by atoms with E-state index in [1.165, 1.54) is 20.0 Å². The van der Waals surface area contributed by atoms with Crippen molar-refractivity contribution in [3.05, 3.63) is 53.6 Å². The maximum atomic E-state index is 13.0. The largest absolute Gasteiger partial charge is 0.325 e. The van der Waals surface area contributed by atoms with Crippen LogP contribution in [0.25, 0.3) is 0 Å². The molecule has 3 rings (SSSR count). The van der Waals surface area contributed by atoms with Gasteiger partial charge in [0.25, 0.3) is 0 Å². The Morgan fingerprint density at radius 2 is 1.83 bits per heavy atom. The van der Waals surface area contributed by atoms with Gasteiger partial charge in [-0.3, -0.25) is 9.59 Å². The van der Waals surface area contributed by atoms with Gasteiger partial charge in [-0.1, -0.05) is 19.1 Å². The molecule has 2 aromatic rings. The molecule has 30 heavy (non-hydrogen) atoms. The molecule has 1 N–H and O–H groups in total. The number of benzene rings is 2. The number of rotatable bonds is 6. The topological polar surface area (TPSA) is 86.8 Å². The number of nitrogens with zero attached hydrogens (tertiary/aromatic N) is 2. The van der Waals surface area contributed by atoms with E-state index in [-0.39, 0.29) is 23.4 Å². The Labute approximate surface area is 177 Å². The molecule has 1 aliphatic rings. The van der Waals surface area contributed by atoms with Crippen molar-refractivity contribution >= 4 is 33.2 Å². The van der Waals surface area contributed by atoms with Gasteiger partial charge in [0.05, 0.1) is 11.4 Å². The molecule has 1 atom stereocenters. The lowest BCUT2D eigenvalue weighted by atomic mass is 10.1. The van der Waals surface area contributed by atoms with Gasteiger partial charge in [-0.2, -0.15) is 4.31 Å². The molecule has 1 heterocycles. The Morgan fingerprint density at radius 3 is 2.43 bits per heavy atom. The van der Waals surface area contributed by atoms with Crippen LogP contribution < -0.4 is 10.2 Å². The molecular weight excluding hydrogens is 402 g/mol. The summed E-state index contributed by atoms with van der Waals surface area (Å²) in [6, 6.07) is 12.2. The number of hydrogen-bond acceptors (Lipinski definition) is 4. The van der Waals surface area contributed by atoms with E-state index < -0.39 is 15.9 Å². The van der Waals surface area contributed by atoms with E-state index in [0.717, 1.165) is 27.5 Å². The SMILES string of the molecule is CCc1ccc(NC(=O)CN(C)S(=O)(=O)c2ccc3c(c2)C[C@@H](C)N3C(C)=O)cc1. The summed E-state index contributed by atoms with van der Waals surface area (Å²) in [5.74, 6) is -0.486. The Bertz CT molecular complexity index is 1060. The minimum atomic E-state index is -3.84. The van der Waals surface area contributed by atoms with Crippen LogP contribution in [0, 0.1) is 0 Å². The highest BCUT2D eigenvalue weighted by Gasteiger charge is 2.31. The van der Waals surface area contributed by atoms with Crippen molar-refractivity contribution in [1.29, 1.82) is 0 Å². The Balaban J connectivity index is 1.72. The molecule has 0 saturated heterocycles. The first-order chi connectivity index (χ1) is 14.1. The number of sulfonamides is 1. The van der Waals surface area contributed by atoms with E-state index in [4.69, 9.17) is 0 Å². The molecule has 0 spiro atoms. The number of carbonyl (C=O) groups is 2. The zero-order valence-electron chi connectivity index (χ0n) is 17.7. The Hall–Kier alpha value is -2.71. The normalized spacial score (nSPS) is 15.9. The molecule has 8 heteroatoms. The average molecular weight is 430 g/mol. The second-order valence-corrected chi connectivity index (χ2v) is 9.64. The summed E-state index contributed by atoms with van der Waals surface area (Å²) in [4.78, 5) is 26.0. The Morgan fingerprint density at radius 1 is 1.17 bits per heavy atom. The van der Waals surface area contributed by atoms with Crippen molar-refractivity contribution in [2.75, 3.05) is 23.8 Å². The second kappa shape index (κ2) is 8.57. The summed E-state index contributed by atoms with van der Waals surface area (Å²) in [5.41, 5.74) is 3.33. The Kier molecular flexibility index (Phi) is 6.28. The first kappa shape index (κ1) is 22.0. The molecule has 0 saturated carbocycles. The summed E-state index contributed by atoms with van der Waals surface area (Å²) in [6.07, 6.45) is 1.50.